The van der Waals surface area contributed by atoms with Gasteiger partial charge in [0.1, 0.15) is 0 Å². The molecule has 100 valence electrons. The molecule has 19 heavy (non-hydrogen) atoms. The van der Waals surface area contributed by atoms with Crippen molar-refractivity contribution < 1.29 is 4.74 Å². The molecule has 3 heteroatoms. The molecule has 1 aromatic carbocycles. The summed E-state index contributed by atoms with van der Waals surface area (Å²) in [7, 11) is 0. The number of rotatable bonds is 7. The molecule has 0 aliphatic rings. The van der Waals surface area contributed by atoms with Crippen molar-refractivity contribution in [3.8, 4) is 0 Å². The molecule has 0 unspecified atom stereocenters. The van der Waals surface area contributed by atoms with Gasteiger partial charge in [0.25, 0.3) is 0 Å². The van der Waals surface area contributed by atoms with E-state index >= 15 is 0 Å². The number of ether oxygens (including phenoxy) is 1. The second-order valence-electron chi connectivity index (χ2n) is 4.43. The Morgan fingerprint density at radius 3 is 2.47 bits per heavy atom. The third-order valence-corrected chi connectivity index (χ3v) is 3.02. The van der Waals surface area contributed by atoms with Crippen LogP contribution in [0.15, 0.2) is 48.7 Å². The Labute approximate surface area is 114 Å². The number of pyridine rings is 1. The highest BCUT2D eigenvalue weighted by atomic mass is 16.5. The minimum atomic E-state index is 0.642. The summed E-state index contributed by atoms with van der Waals surface area (Å²) < 4.78 is 5.73. The predicted molar refractivity (Wildman–Crippen MR) is 76.8 cm³/mol. The van der Waals surface area contributed by atoms with E-state index in [4.69, 9.17) is 10.5 Å². The summed E-state index contributed by atoms with van der Waals surface area (Å²) in [4.78, 5) is 4.27. The predicted octanol–water partition coefficient (Wildman–Crippen LogP) is 2.34. The van der Waals surface area contributed by atoms with Crippen molar-refractivity contribution in [2.45, 2.75) is 19.4 Å². The lowest BCUT2D eigenvalue weighted by atomic mass is 10.1. The van der Waals surface area contributed by atoms with Gasteiger partial charge in [0.05, 0.1) is 13.2 Å². The smallest absolute Gasteiger partial charge is 0.0719 e. The Hall–Kier alpha value is -1.71. The van der Waals surface area contributed by atoms with Crippen molar-refractivity contribution >= 4 is 0 Å². The highest BCUT2D eigenvalue weighted by molar-refractivity contribution is 5.26. The van der Waals surface area contributed by atoms with Crippen molar-refractivity contribution in [2.24, 2.45) is 5.73 Å². The van der Waals surface area contributed by atoms with Crippen LogP contribution in [0.1, 0.15) is 16.8 Å². The molecule has 0 aliphatic carbocycles. The van der Waals surface area contributed by atoms with Gasteiger partial charge < -0.3 is 10.5 Å². The standard InChI is InChI=1S/C16H20N2O/c17-10-8-14-5-1-2-6-15(14)13-19-12-9-16-7-3-4-11-18-16/h1-7,11H,8-10,12-13,17H2. The fourth-order valence-corrected chi connectivity index (χ4v) is 2.00. The SMILES string of the molecule is NCCc1ccccc1COCCc1ccccn1. The molecule has 3 nitrogen and oxygen atoms in total. The van der Waals surface area contributed by atoms with Crippen LogP contribution < -0.4 is 5.73 Å². The number of aromatic nitrogens is 1. The monoisotopic (exact) mass is 256 g/mol. The van der Waals surface area contributed by atoms with E-state index in [-0.39, 0.29) is 0 Å². The zero-order valence-electron chi connectivity index (χ0n) is 11.1. The maximum absolute atomic E-state index is 5.73. The average Bonchev–Trinajstić information content (AvgIpc) is 2.47. The summed E-state index contributed by atoms with van der Waals surface area (Å²) in [5.74, 6) is 0. The molecule has 1 heterocycles. The second-order valence-corrected chi connectivity index (χ2v) is 4.43. The Morgan fingerprint density at radius 2 is 1.74 bits per heavy atom. The molecule has 2 rings (SSSR count). The van der Waals surface area contributed by atoms with Crippen LogP contribution in [-0.2, 0) is 24.2 Å². The van der Waals surface area contributed by atoms with E-state index in [1.54, 1.807) is 0 Å². The van der Waals surface area contributed by atoms with Gasteiger partial charge in [-0.15, -0.1) is 0 Å². The Bertz CT molecular complexity index is 485. The van der Waals surface area contributed by atoms with Crippen molar-refractivity contribution in [1.82, 2.24) is 4.98 Å². The first kappa shape index (κ1) is 13.7. The van der Waals surface area contributed by atoms with Gasteiger partial charge >= 0.3 is 0 Å². The minimum absolute atomic E-state index is 0.642. The summed E-state index contributed by atoms with van der Waals surface area (Å²) in [6, 6.07) is 14.2. The molecule has 0 aliphatic heterocycles. The van der Waals surface area contributed by atoms with Crippen LogP contribution in [0.5, 0.6) is 0 Å². The van der Waals surface area contributed by atoms with Crippen LogP contribution in [0.25, 0.3) is 0 Å². The van der Waals surface area contributed by atoms with E-state index in [0.717, 1.165) is 18.5 Å². The van der Waals surface area contributed by atoms with Crippen LogP contribution in [0.4, 0.5) is 0 Å². The summed E-state index contributed by atoms with van der Waals surface area (Å²) in [6.45, 7) is 2.00. The molecule has 0 atom stereocenters. The highest BCUT2D eigenvalue weighted by Crippen LogP contribution is 2.10. The van der Waals surface area contributed by atoms with Gasteiger partial charge in [0.15, 0.2) is 0 Å². The fourth-order valence-electron chi connectivity index (χ4n) is 2.00. The molecule has 0 bridgehead atoms. The maximum atomic E-state index is 5.73. The number of nitrogens with two attached hydrogens (primary N) is 1. The molecule has 2 N–H and O–H groups in total. The first-order valence-electron chi connectivity index (χ1n) is 6.64. The summed E-state index contributed by atoms with van der Waals surface area (Å²) >= 11 is 0. The summed E-state index contributed by atoms with van der Waals surface area (Å²) in [5, 5.41) is 0. The number of hydrogen-bond acceptors (Lipinski definition) is 3. The zero-order valence-corrected chi connectivity index (χ0v) is 11.1. The molecule has 0 radical (unpaired) electrons. The molecule has 0 amide bonds. The third kappa shape index (κ3) is 4.47. The molecule has 2 aromatic rings. The number of hydrogen-bond donors (Lipinski definition) is 1. The van der Waals surface area contributed by atoms with Gasteiger partial charge in [-0.3, -0.25) is 4.98 Å². The lowest BCUT2D eigenvalue weighted by molar-refractivity contribution is 0.122. The maximum Gasteiger partial charge on any atom is 0.0719 e. The number of nitrogens with zero attached hydrogens (tertiary/aromatic N) is 1. The van der Waals surface area contributed by atoms with Crippen LogP contribution in [0, 0.1) is 0 Å². The first-order valence-corrected chi connectivity index (χ1v) is 6.64. The molecular formula is C16H20N2O. The molecule has 1 aromatic heterocycles. The molecule has 0 saturated heterocycles. The van der Waals surface area contributed by atoms with Gasteiger partial charge in [0.2, 0.25) is 0 Å². The Balaban J connectivity index is 1.79. The van der Waals surface area contributed by atoms with Gasteiger partial charge in [-0.1, -0.05) is 30.3 Å². The normalized spacial score (nSPS) is 10.6. The Morgan fingerprint density at radius 1 is 0.947 bits per heavy atom. The highest BCUT2D eigenvalue weighted by Gasteiger charge is 2.01. The van der Waals surface area contributed by atoms with Crippen molar-refractivity contribution in [1.29, 1.82) is 0 Å². The molecule has 0 fully saturated rings. The third-order valence-electron chi connectivity index (χ3n) is 3.02. The van der Waals surface area contributed by atoms with Gasteiger partial charge in [0, 0.05) is 18.3 Å². The number of benzene rings is 1. The topological polar surface area (TPSA) is 48.1 Å². The van der Waals surface area contributed by atoms with E-state index in [1.165, 1.54) is 11.1 Å². The van der Waals surface area contributed by atoms with Crippen LogP contribution >= 0.6 is 0 Å². The van der Waals surface area contributed by atoms with E-state index in [0.29, 0.717) is 19.8 Å². The lowest BCUT2D eigenvalue weighted by Crippen LogP contribution is -2.07. The van der Waals surface area contributed by atoms with Crippen LogP contribution in [0.2, 0.25) is 0 Å². The van der Waals surface area contributed by atoms with Gasteiger partial charge in [-0.05, 0) is 36.2 Å². The summed E-state index contributed by atoms with van der Waals surface area (Å²) in [6.07, 6.45) is 3.56. The molecular weight excluding hydrogens is 236 g/mol. The zero-order chi connectivity index (χ0) is 13.3. The van der Waals surface area contributed by atoms with Crippen LogP contribution in [-0.4, -0.2) is 18.1 Å². The summed E-state index contributed by atoms with van der Waals surface area (Å²) in [5.41, 5.74) is 9.19. The largest absolute Gasteiger partial charge is 0.376 e. The quantitative estimate of drug-likeness (QED) is 0.774. The first-order chi connectivity index (χ1) is 9.40. The van der Waals surface area contributed by atoms with Gasteiger partial charge in [-0.25, -0.2) is 0 Å². The van der Waals surface area contributed by atoms with Gasteiger partial charge in [-0.2, -0.15) is 0 Å². The van der Waals surface area contributed by atoms with E-state index in [2.05, 4.69) is 17.1 Å². The Kier molecular flexibility index (Phi) is 5.53. The van der Waals surface area contributed by atoms with E-state index in [1.807, 2.05) is 36.5 Å². The van der Waals surface area contributed by atoms with Crippen molar-refractivity contribution in [2.75, 3.05) is 13.2 Å². The minimum Gasteiger partial charge on any atom is -0.376 e. The van der Waals surface area contributed by atoms with E-state index < -0.39 is 0 Å². The average molecular weight is 256 g/mol. The van der Waals surface area contributed by atoms with Crippen molar-refractivity contribution in [3.05, 3.63) is 65.5 Å². The van der Waals surface area contributed by atoms with E-state index in [9.17, 15) is 0 Å². The lowest BCUT2D eigenvalue weighted by Gasteiger charge is -2.09. The fraction of sp³-hybridized carbons (Fsp3) is 0.312. The molecule has 0 saturated carbocycles. The molecule has 0 spiro atoms. The van der Waals surface area contributed by atoms with Crippen LogP contribution in [0.3, 0.4) is 0 Å². The second kappa shape index (κ2) is 7.67. The van der Waals surface area contributed by atoms with Crippen molar-refractivity contribution in [3.63, 3.8) is 0 Å².